The number of carbonyl (C=O) groups excluding carboxylic acids is 1. The van der Waals surface area contributed by atoms with Crippen LogP contribution < -0.4 is 11.1 Å². The summed E-state index contributed by atoms with van der Waals surface area (Å²) in [6.45, 7) is -0.466. The van der Waals surface area contributed by atoms with Gasteiger partial charge in [-0.05, 0) is 18.2 Å². The molecule has 0 spiro atoms. The zero-order chi connectivity index (χ0) is 23.7. The first-order chi connectivity index (χ1) is 16.5. The molecule has 5 rings (SSSR count). The van der Waals surface area contributed by atoms with Crippen LogP contribution in [-0.2, 0) is 15.0 Å². The number of benzene rings is 1. The van der Waals surface area contributed by atoms with Crippen molar-refractivity contribution in [1.82, 2.24) is 24.7 Å². The van der Waals surface area contributed by atoms with Gasteiger partial charge in [-0.1, -0.05) is 0 Å². The molecule has 3 unspecified atom stereocenters. The minimum atomic E-state index is -1.64. The molecule has 2 aliphatic rings. The summed E-state index contributed by atoms with van der Waals surface area (Å²) in [6, 6.07) is 3.64. The molecule has 0 aliphatic carbocycles. The average molecular weight is 470 g/mol. The first kappa shape index (κ1) is 21.8. The SMILES string of the molecule is NC1=NC(CF)(c2cc(NC(=O)c3cnc(-n4cncn4)cn3)ccc2F)C2COCCC2O1. The third kappa shape index (κ3) is 3.83. The van der Waals surface area contributed by atoms with Gasteiger partial charge < -0.3 is 20.5 Å². The predicted octanol–water partition coefficient (Wildman–Crippen LogP) is 1.36. The summed E-state index contributed by atoms with van der Waals surface area (Å²) >= 11 is 0. The monoisotopic (exact) mass is 470 g/mol. The number of amidine groups is 1. The first-order valence-corrected chi connectivity index (χ1v) is 10.4. The van der Waals surface area contributed by atoms with Crippen LogP contribution in [-0.4, -0.2) is 62.7 Å². The molecule has 11 nitrogen and oxygen atoms in total. The van der Waals surface area contributed by atoms with E-state index in [9.17, 15) is 9.18 Å². The van der Waals surface area contributed by atoms with Crippen molar-refractivity contribution in [2.24, 2.45) is 16.6 Å². The predicted molar refractivity (Wildman–Crippen MR) is 114 cm³/mol. The number of fused-ring (bicyclic) bond motifs is 1. The number of aromatic nitrogens is 5. The second-order valence-corrected chi connectivity index (χ2v) is 7.88. The van der Waals surface area contributed by atoms with E-state index in [1.165, 1.54) is 41.9 Å². The fraction of sp³-hybridized carbons (Fsp3) is 0.333. The molecule has 3 aromatic rings. The van der Waals surface area contributed by atoms with E-state index < -0.39 is 36.0 Å². The highest BCUT2D eigenvalue weighted by Gasteiger charge is 2.52. The normalized spacial score (nSPS) is 24.0. The fourth-order valence-corrected chi connectivity index (χ4v) is 4.24. The van der Waals surface area contributed by atoms with Gasteiger partial charge in [0, 0.05) is 17.7 Å². The molecule has 1 fully saturated rings. The van der Waals surface area contributed by atoms with Gasteiger partial charge in [0.1, 0.15) is 42.5 Å². The maximum absolute atomic E-state index is 15.0. The Morgan fingerprint density at radius 1 is 1.32 bits per heavy atom. The topological polar surface area (TPSA) is 142 Å². The summed E-state index contributed by atoms with van der Waals surface area (Å²) in [6.07, 6.45) is 5.44. The lowest BCUT2D eigenvalue weighted by molar-refractivity contribution is -0.0785. The lowest BCUT2D eigenvalue weighted by Crippen LogP contribution is -2.54. The number of nitrogens with two attached hydrogens (primary N) is 1. The van der Waals surface area contributed by atoms with Crippen LogP contribution in [0, 0.1) is 11.7 Å². The van der Waals surface area contributed by atoms with E-state index >= 15 is 4.39 Å². The molecule has 0 radical (unpaired) electrons. The Bertz CT molecular complexity index is 1220. The maximum Gasteiger partial charge on any atom is 0.283 e. The van der Waals surface area contributed by atoms with Crippen molar-refractivity contribution in [3.8, 4) is 5.82 Å². The number of anilines is 1. The van der Waals surface area contributed by atoms with Crippen molar-refractivity contribution in [3.05, 3.63) is 60.3 Å². The van der Waals surface area contributed by atoms with E-state index in [4.69, 9.17) is 15.2 Å². The Labute approximate surface area is 192 Å². The summed E-state index contributed by atoms with van der Waals surface area (Å²) in [5.41, 5.74) is 4.38. The van der Waals surface area contributed by atoms with Crippen molar-refractivity contribution < 1.29 is 23.0 Å². The lowest BCUT2D eigenvalue weighted by Gasteiger charge is -2.45. The molecule has 34 heavy (non-hydrogen) atoms. The summed E-state index contributed by atoms with van der Waals surface area (Å²) in [5.74, 6) is -1.48. The van der Waals surface area contributed by atoms with E-state index in [0.717, 1.165) is 6.07 Å². The van der Waals surface area contributed by atoms with Crippen molar-refractivity contribution in [3.63, 3.8) is 0 Å². The van der Waals surface area contributed by atoms with E-state index in [1.807, 2.05) is 0 Å². The van der Waals surface area contributed by atoms with Crippen LogP contribution in [0.4, 0.5) is 14.5 Å². The third-order valence-corrected chi connectivity index (χ3v) is 5.91. The summed E-state index contributed by atoms with van der Waals surface area (Å²) < 4.78 is 42.1. The minimum absolute atomic E-state index is 0.0176. The molecule has 1 amide bonds. The zero-order valence-electron chi connectivity index (χ0n) is 17.8. The Hall–Kier alpha value is -4.00. The first-order valence-electron chi connectivity index (χ1n) is 10.4. The number of ether oxygens (including phenoxy) is 2. The highest BCUT2D eigenvalue weighted by Crippen LogP contribution is 2.44. The number of rotatable bonds is 5. The molecule has 1 saturated heterocycles. The highest BCUT2D eigenvalue weighted by atomic mass is 19.1. The largest absolute Gasteiger partial charge is 0.462 e. The quantitative estimate of drug-likeness (QED) is 0.569. The Balaban J connectivity index is 1.43. The molecule has 0 saturated carbocycles. The van der Waals surface area contributed by atoms with Gasteiger partial charge in [-0.3, -0.25) is 4.79 Å². The van der Waals surface area contributed by atoms with Crippen molar-refractivity contribution in [2.75, 3.05) is 25.2 Å². The van der Waals surface area contributed by atoms with Gasteiger partial charge in [0.15, 0.2) is 5.82 Å². The van der Waals surface area contributed by atoms with Crippen LogP contribution in [0.3, 0.4) is 0 Å². The summed E-state index contributed by atoms with van der Waals surface area (Å²) in [5, 5.41) is 6.57. The Kier molecular flexibility index (Phi) is 5.61. The molecule has 13 heteroatoms. The van der Waals surface area contributed by atoms with E-state index in [-0.39, 0.29) is 29.6 Å². The number of hydrogen-bond acceptors (Lipinski definition) is 9. The van der Waals surface area contributed by atoms with E-state index in [0.29, 0.717) is 18.8 Å². The van der Waals surface area contributed by atoms with Gasteiger partial charge in [-0.15, -0.1) is 0 Å². The second kappa shape index (κ2) is 8.74. The zero-order valence-corrected chi connectivity index (χ0v) is 17.8. The number of hydrogen-bond donors (Lipinski definition) is 2. The van der Waals surface area contributed by atoms with Gasteiger partial charge in [0.05, 0.1) is 31.5 Å². The number of nitrogens with one attached hydrogen (secondary N) is 1. The van der Waals surface area contributed by atoms with Crippen LogP contribution in [0.2, 0.25) is 0 Å². The van der Waals surface area contributed by atoms with E-state index in [1.54, 1.807) is 0 Å². The molecular formula is C21H20F2N8O3. The van der Waals surface area contributed by atoms with Gasteiger partial charge in [0.25, 0.3) is 11.9 Å². The van der Waals surface area contributed by atoms with Crippen molar-refractivity contribution in [2.45, 2.75) is 18.1 Å². The van der Waals surface area contributed by atoms with Crippen LogP contribution in [0.1, 0.15) is 22.5 Å². The summed E-state index contributed by atoms with van der Waals surface area (Å²) in [4.78, 5) is 28.9. The number of alkyl halides is 1. The van der Waals surface area contributed by atoms with Crippen LogP contribution in [0.15, 0.2) is 48.2 Å². The number of halogens is 2. The van der Waals surface area contributed by atoms with Gasteiger partial charge >= 0.3 is 0 Å². The Morgan fingerprint density at radius 2 is 2.21 bits per heavy atom. The molecule has 2 aliphatic heterocycles. The molecule has 176 valence electrons. The van der Waals surface area contributed by atoms with Crippen LogP contribution in [0.25, 0.3) is 5.82 Å². The molecule has 4 heterocycles. The second-order valence-electron chi connectivity index (χ2n) is 7.88. The minimum Gasteiger partial charge on any atom is -0.462 e. The van der Waals surface area contributed by atoms with E-state index in [2.05, 4.69) is 30.4 Å². The smallest absolute Gasteiger partial charge is 0.283 e. The average Bonchev–Trinajstić information content (AvgIpc) is 3.40. The van der Waals surface area contributed by atoms with Gasteiger partial charge in [0.2, 0.25) is 0 Å². The Morgan fingerprint density at radius 3 is 2.94 bits per heavy atom. The number of amides is 1. The van der Waals surface area contributed by atoms with Gasteiger partial charge in [-0.2, -0.15) is 5.10 Å². The number of aliphatic imine (C=N–C) groups is 1. The highest BCUT2D eigenvalue weighted by molar-refractivity contribution is 6.02. The standard InChI is InChI=1S/C21H20F2N8O3/c22-9-21(14-8-33-4-3-17(14)34-20(24)30-21)13-5-12(1-2-15(13)23)29-19(32)16-6-27-18(7-26-16)31-11-25-10-28-31/h1-2,5-7,10-11,14,17H,3-4,8-9H2,(H2,24,30)(H,29,32). The maximum atomic E-state index is 15.0. The van der Waals surface area contributed by atoms with Crippen LogP contribution in [0.5, 0.6) is 0 Å². The third-order valence-electron chi connectivity index (χ3n) is 5.91. The molecule has 2 aromatic heterocycles. The molecule has 3 atom stereocenters. The molecule has 1 aromatic carbocycles. The molecular weight excluding hydrogens is 450 g/mol. The fourth-order valence-electron chi connectivity index (χ4n) is 4.24. The summed E-state index contributed by atoms with van der Waals surface area (Å²) in [7, 11) is 0. The lowest BCUT2D eigenvalue weighted by atomic mass is 9.74. The number of carbonyl (C=O) groups is 1. The van der Waals surface area contributed by atoms with Crippen molar-refractivity contribution in [1.29, 1.82) is 0 Å². The van der Waals surface area contributed by atoms with Gasteiger partial charge in [-0.25, -0.2) is 33.4 Å². The van der Waals surface area contributed by atoms with Crippen LogP contribution >= 0.6 is 0 Å². The molecule has 0 bridgehead atoms. The molecule has 3 N–H and O–H groups in total. The van der Waals surface area contributed by atoms with Crippen molar-refractivity contribution >= 4 is 17.6 Å². The number of nitrogens with zero attached hydrogens (tertiary/aromatic N) is 6.